The molecular formula is C17H24FN5S. The van der Waals surface area contributed by atoms with Gasteiger partial charge in [0.25, 0.3) is 0 Å². The van der Waals surface area contributed by atoms with Crippen molar-refractivity contribution < 1.29 is 4.39 Å². The Labute approximate surface area is 146 Å². The van der Waals surface area contributed by atoms with E-state index in [-0.39, 0.29) is 6.54 Å². The smallest absolute Gasteiger partial charge is 0.113 e. The minimum Gasteiger partial charge on any atom is -0.337 e. The highest BCUT2D eigenvalue weighted by atomic mass is 32.1. The monoisotopic (exact) mass is 349 g/mol. The number of hydrogen-bond donors (Lipinski definition) is 1. The topological polar surface area (TPSA) is 48.1 Å². The molecule has 0 aliphatic carbocycles. The molecule has 1 aromatic rings. The lowest BCUT2D eigenvalue weighted by molar-refractivity contribution is 0.247. The highest BCUT2D eigenvalue weighted by molar-refractivity contribution is 7.13. The number of nitrogens with two attached hydrogens (primary N) is 1. The SMILES string of the molecule is CN1CC=C(c2ccc(CN3C=NN(C/C(=C/F)CN)C3)s2)CC1. The second kappa shape index (κ2) is 7.92. The molecule has 7 heteroatoms. The van der Waals surface area contributed by atoms with Crippen LogP contribution in [0.25, 0.3) is 5.57 Å². The highest BCUT2D eigenvalue weighted by Crippen LogP contribution is 2.29. The van der Waals surface area contributed by atoms with Gasteiger partial charge in [0.1, 0.15) is 13.0 Å². The minimum absolute atomic E-state index is 0.223. The number of halogens is 1. The van der Waals surface area contributed by atoms with Crippen LogP contribution in [-0.4, -0.2) is 61.0 Å². The van der Waals surface area contributed by atoms with Gasteiger partial charge in [0, 0.05) is 29.4 Å². The maximum absolute atomic E-state index is 12.6. The van der Waals surface area contributed by atoms with Crippen molar-refractivity contribution in [2.24, 2.45) is 10.8 Å². The molecule has 2 aliphatic heterocycles. The zero-order valence-electron chi connectivity index (χ0n) is 14.0. The van der Waals surface area contributed by atoms with Gasteiger partial charge in [-0.1, -0.05) is 6.08 Å². The summed E-state index contributed by atoms with van der Waals surface area (Å²) in [7, 11) is 2.15. The zero-order valence-corrected chi connectivity index (χ0v) is 14.8. The molecular weight excluding hydrogens is 325 g/mol. The fourth-order valence-electron chi connectivity index (χ4n) is 2.82. The van der Waals surface area contributed by atoms with Gasteiger partial charge < -0.3 is 15.5 Å². The number of nitrogens with zero attached hydrogens (tertiary/aromatic N) is 4. The van der Waals surface area contributed by atoms with Gasteiger partial charge in [0.15, 0.2) is 0 Å². The molecule has 0 saturated carbocycles. The fraction of sp³-hybridized carbons (Fsp3) is 0.471. The van der Waals surface area contributed by atoms with E-state index >= 15 is 0 Å². The van der Waals surface area contributed by atoms with E-state index < -0.39 is 0 Å². The standard InChI is InChI=1S/C17H24FN5S/c1-21-6-4-15(5-7-21)17-3-2-16(24-17)11-22-12-20-23(13-22)10-14(8-18)9-19/h2-4,8,12H,5-7,9-11,13,19H2,1H3/b14-8+. The van der Waals surface area contributed by atoms with Crippen LogP contribution in [0.2, 0.25) is 0 Å². The number of hydrazone groups is 1. The highest BCUT2D eigenvalue weighted by Gasteiger charge is 2.17. The van der Waals surface area contributed by atoms with E-state index in [1.807, 2.05) is 22.7 Å². The molecule has 0 unspecified atom stereocenters. The number of likely N-dealkylation sites (N-methyl/N-ethyl adjacent to an activating group) is 1. The Morgan fingerprint density at radius 3 is 3.04 bits per heavy atom. The molecule has 0 fully saturated rings. The van der Waals surface area contributed by atoms with Gasteiger partial charge in [0.05, 0.1) is 19.4 Å². The minimum atomic E-state index is 0.223. The van der Waals surface area contributed by atoms with E-state index in [0.717, 1.165) is 26.1 Å². The van der Waals surface area contributed by atoms with Crippen molar-refractivity contribution in [3.05, 3.63) is 39.9 Å². The summed E-state index contributed by atoms with van der Waals surface area (Å²) in [5.41, 5.74) is 7.51. The van der Waals surface area contributed by atoms with Crippen LogP contribution >= 0.6 is 11.3 Å². The van der Waals surface area contributed by atoms with Gasteiger partial charge in [0.2, 0.25) is 0 Å². The van der Waals surface area contributed by atoms with Crippen molar-refractivity contribution in [3.63, 3.8) is 0 Å². The predicted octanol–water partition coefficient (Wildman–Crippen LogP) is 2.30. The molecule has 3 heterocycles. The summed E-state index contributed by atoms with van der Waals surface area (Å²) in [6, 6.07) is 4.42. The molecule has 0 atom stereocenters. The Bertz CT molecular complexity index is 651. The second-order valence-corrected chi connectivity index (χ2v) is 7.43. The van der Waals surface area contributed by atoms with Crippen LogP contribution < -0.4 is 5.73 Å². The first-order valence-corrected chi connectivity index (χ1v) is 8.97. The molecule has 1 aromatic heterocycles. The number of rotatable bonds is 6. The first-order valence-electron chi connectivity index (χ1n) is 8.16. The molecule has 2 N–H and O–H groups in total. The molecule has 0 radical (unpaired) electrons. The van der Waals surface area contributed by atoms with Crippen molar-refractivity contribution in [2.45, 2.75) is 13.0 Å². The van der Waals surface area contributed by atoms with E-state index in [1.165, 1.54) is 15.3 Å². The van der Waals surface area contributed by atoms with Crippen molar-refractivity contribution in [1.29, 1.82) is 0 Å². The third-order valence-corrected chi connectivity index (χ3v) is 5.42. The van der Waals surface area contributed by atoms with Crippen LogP contribution in [0.3, 0.4) is 0 Å². The summed E-state index contributed by atoms with van der Waals surface area (Å²) >= 11 is 1.85. The van der Waals surface area contributed by atoms with Gasteiger partial charge in [-0.05, 0) is 36.7 Å². The van der Waals surface area contributed by atoms with Crippen LogP contribution in [0.15, 0.2) is 35.2 Å². The van der Waals surface area contributed by atoms with Gasteiger partial charge in [-0.2, -0.15) is 5.10 Å². The van der Waals surface area contributed by atoms with Crippen molar-refractivity contribution in [3.8, 4) is 0 Å². The number of thiophene rings is 1. The Morgan fingerprint density at radius 2 is 2.33 bits per heavy atom. The lowest BCUT2D eigenvalue weighted by Crippen LogP contribution is -2.28. The summed E-state index contributed by atoms with van der Waals surface area (Å²) in [4.78, 5) is 7.15. The summed E-state index contributed by atoms with van der Waals surface area (Å²) in [6.07, 6.45) is 5.85. The number of hydrogen-bond acceptors (Lipinski definition) is 6. The van der Waals surface area contributed by atoms with Crippen LogP contribution in [0.1, 0.15) is 16.2 Å². The average Bonchev–Trinajstić information content (AvgIpc) is 3.23. The molecule has 3 rings (SSSR count). The summed E-state index contributed by atoms with van der Waals surface area (Å²) in [5, 5.41) is 6.14. The Hall–Kier alpha value is -1.70. The summed E-state index contributed by atoms with van der Waals surface area (Å²) in [6.45, 7) is 4.31. The molecule has 24 heavy (non-hydrogen) atoms. The van der Waals surface area contributed by atoms with Gasteiger partial charge in [-0.15, -0.1) is 11.3 Å². The predicted molar refractivity (Wildman–Crippen MR) is 98.3 cm³/mol. The lowest BCUT2D eigenvalue weighted by Gasteiger charge is -2.21. The average molecular weight is 349 g/mol. The van der Waals surface area contributed by atoms with Gasteiger partial charge in [-0.3, -0.25) is 5.01 Å². The van der Waals surface area contributed by atoms with Crippen LogP contribution in [0, 0.1) is 0 Å². The van der Waals surface area contributed by atoms with E-state index in [1.54, 1.807) is 0 Å². The molecule has 0 amide bonds. The largest absolute Gasteiger partial charge is 0.337 e. The Kier molecular flexibility index (Phi) is 5.65. The normalized spacial score (nSPS) is 19.3. The van der Waals surface area contributed by atoms with E-state index in [9.17, 15) is 4.39 Å². The maximum atomic E-state index is 12.6. The first kappa shape index (κ1) is 17.1. The molecule has 0 bridgehead atoms. The van der Waals surface area contributed by atoms with E-state index in [0.29, 0.717) is 25.1 Å². The second-order valence-electron chi connectivity index (χ2n) is 6.26. The van der Waals surface area contributed by atoms with Crippen LogP contribution in [-0.2, 0) is 6.54 Å². The van der Waals surface area contributed by atoms with Crippen molar-refractivity contribution in [2.75, 3.05) is 39.9 Å². The van der Waals surface area contributed by atoms with Crippen molar-refractivity contribution >= 4 is 23.2 Å². The third-order valence-electron chi connectivity index (χ3n) is 4.27. The first-order chi connectivity index (χ1) is 11.7. The van der Waals surface area contributed by atoms with Crippen LogP contribution in [0.4, 0.5) is 4.39 Å². The quantitative estimate of drug-likeness (QED) is 0.856. The third kappa shape index (κ3) is 4.23. The fourth-order valence-corrected chi connectivity index (χ4v) is 3.92. The van der Waals surface area contributed by atoms with E-state index in [4.69, 9.17) is 5.73 Å². The Balaban J connectivity index is 1.54. The lowest BCUT2D eigenvalue weighted by atomic mass is 10.1. The van der Waals surface area contributed by atoms with Gasteiger partial charge >= 0.3 is 0 Å². The molecule has 0 spiro atoms. The molecule has 0 aromatic carbocycles. The zero-order chi connectivity index (χ0) is 16.9. The van der Waals surface area contributed by atoms with Gasteiger partial charge in [-0.25, -0.2) is 4.39 Å². The summed E-state index contributed by atoms with van der Waals surface area (Å²) in [5.74, 6) is 0. The van der Waals surface area contributed by atoms with Crippen LogP contribution in [0.5, 0.6) is 0 Å². The molecule has 5 nitrogen and oxygen atoms in total. The molecule has 130 valence electrons. The molecule has 0 saturated heterocycles. The molecule has 2 aliphatic rings. The van der Waals surface area contributed by atoms with E-state index in [2.05, 4.69) is 40.2 Å². The maximum Gasteiger partial charge on any atom is 0.113 e. The Morgan fingerprint density at radius 1 is 1.46 bits per heavy atom. The summed E-state index contributed by atoms with van der Waals surface area (Å²) < 4.78 is 12.6. The van der Waals surface area contributed by atoms with Crippen molar-refractivity contribution in [1.82, 2.24) is 14.8 Å².